The molecule has 2 aromatic rings. The molecule has 0 amide bonds. The molecule has 0 bridgehead atoms. The minimum absolute atomic E-state index is 0.188. The van der Waals surface area contributed by atoms with Crippen molar-refractivity contribution in [3.63, 3.8) is 0 Å². The molecule has 0 aliphatic heterocycles. The van der Waals surface area contributed by atoms with Gasteiger partial charge >= 0.3 is 0 Å². The molecule has 2 rings (SSSR count). The molecule has 0 saturated carbocycles. The normalized spacial score (nSPS) is 12.7. The molecule has 0 saturated heterocycles. The van der Waals surface area contributed by atoms with Gasteiger partial charge in [-0.05, 0) is 44.5 Å². The first-order valence-corrected chi connectivity index (χ1v) is 6.33. The summed E-state index contributed by atoms with van der Waals surface area (Å²) in [5.74, 6) is 0. The van der Waals surface area contributed by atoms with E-state index in [1.165, 1.54) is 0 Å². The van der Waals surface area contributed by atoms with Gasteiger partial charge in [0, 0.05) is 11.3 Å². The summed E-state index contributed by atoms with van der Waals surface area (Å²) in [4.78, 5) is 0. The summed E-state index contributed by atoms with van der Waals surface area (Å²) in [5, 5.41) is 12.5. The Labute approximate surface area is 113 Å². The van der Waals surface area contributed by atoms with E-state index in [-0.39, 0.29) is 6.04 Å². The Hall–Kier alpha value is -2.21. The smallest absolute Gasteiger partial charge is 0.0955 e. The van der Waals surface area contributed by atoms with Crippen molar-refractivity contribution in [2.45, 2.75) is 32.2 Å². The molecule has 1 unspecified atom stereocenters. The van der Waals surface area contributed by atoms with E-state index in [0.717, 1.165) is 16.8 Å². The van der Waals surface area contributed by atoms with Gasteiger partial charge in [0.25, 0.3) is 0 Å². The maximum atomic E-state index is 9.11. The molecule has 1 aromatic carbocycles. The van der Waals surface area contributed by atoms with Crippen molar-refractivity contribution in [3.8, 4) is 6.07 Å². The van der Waals surface area contributed by atoms with E-state index < -0.39 is 5.41 Å². The van der Waals surface area contributed by atoms with Crippen LogP contribution in [-0.2, 0) is 5.41 Å². The number of benzene rings is 1. The lowest BCUT2D eigenvalue weighted by Gasteiger charge is -2.18. The molecule has 0 spiro atoms. The van der Waals surface area contributed by atoms with Crippen molar-refractivity contribution < 1.29 is 4.42 Å². The zero-order chi connectivity index (χ0) is 13.9. The lowest BCUT2D eigenvalue weighted by Crippen LogP contribution is -2.13. The molecule has 1 N–H and O–H groups in total. The second-order valence-corrected chi connectivity index (χ2v) is 5.24. The monoisotopic (exact) mass is 254 g/mol. The average Bonchev–Trinajstić information content (AvgIpc) is 2.93. The van der Waals surface area contributed by atoms with Crippen LogP contribution in [0.15, 0.2) is 47.3 Å². The van der Waals surface area contributed by atoms with Gasteiger partial charge in [-0.3, -0.25) is 0 Å². The highest BCUT2D eigenvalue weighted by Gasteiger charge is 2.19. The van der Waals surface area contributed by atoms with Crippen LogP contribution < -0.4 is 5.32 Å². The van der Waals surface area contributed by atoms with Crippen LogP contribution in [0.2, 0.25) is 0 Å². The number of nitriles is 1. The molecule has 1 atom stereocenters. The topological polar surface area (TPSA) is 49.0 Å². The van der Waals surface area contributed by atoms with E-state index in [1.54, 1.807) is 12.5 Å². The number of hydrogen-bond acceptors (Lipinski definition) is 3. The van der Waals surface area contributed by atoms with Crippen LogP contribution in [0.4, 0.5) is 5.69 Å². The summed E-state index contributed by atoms with van der Waals surface area (Å²) >= 11 is 0. The standard InChI is InChI=1S/C16H18N2O/c1-12(13-8-9-19-10-13)18-15-6-4-14(5-7-15)16(2,3)11-17/h4-10,12,18H,1-3H3. The van der Waals surface area contributed by atoms with Gasteiger partial charge in [-0.25, -0.2) is 0 Å². The molecule has 19 heavy (non-hydrogen) atoms. The minimum Gasteiger partial charge on any atom is -0.472 e. The van der Waals surface area contributed by atoms with Gasteiger partial charge in [-0.15, -0.1) is 0 Å². The molecule has 0 fully saturated rings. The number of nitrogens with zero attached hydrogens (tertiary/aromatic N) is 1. The van der Waals surface area contributed by atoms with Gasteiger partial charge in [-0.1, -0.05) is 12.1 Å². The van der Waals surface area contributed by atoms with E-state index in [1.807, 2.05) is 44.2 Å². The lowest BCUT2D eigenvalue weighted by atomic mass is 9.86. The van der Waals surface area contributed by atoms with Gasteiger partial charge < -0.3 is 9.73 Å². The van der Waals surface area contributed by atoms with Gasteiger partial charge in [0.2, 0.25) is 0 Å². The minimum atomic E-state index is -0.450. The predicted molar refractivity (Wildman–Crippen MR) is 75.8 cm³/mol. The van der Waals surface area contributed by atoms with Crippen LogP contribution in [-0.4, -0.2) is 0 Å². The quantitative estimate of drug-likeness (QED) is 0.887. The molecule has 0 radical (unpaired) electrons. The van der Waals surface area contributed by atoms with Crippen LogP contribution in [0.5, 0.6) is 0 Å². The molecular weight excluding hydrogens is 236 g/mol. The molecule has 0 aliphatic carbocycles. The van der Waals surface area contributed by atoms with Crippen molar-refractivity contribution in [2.75, 3.05) is 5.32 Å². The van der Waals surface area contributed by atoms with E-state index in [9.17, 15) is 0 Å². The third kappa shape index (κ3) is 2.97. The highest BCUT2D eigenvalue weighted by molar-refractivity contribution is 5.48. The number of rotatable bonds is 4. The first kappa shape index (κ1) is 13.2. The Bertz CT molecular complexity index is 562. The van der Waals surface area contributed by atoms with Crippen molar-refractivity contribution in [2.24, 2.45) is 0 Å². The molecule has 1 heterocycles. The number of furan rings is 1. The summed E-state index contributed by atoms with van der Waals surface area (Å²) in [5.41, 5.74) is 2.72. The van der Waals surface area contributed by atoms with Crippen LogP contribution in [0, 0.1) is 11.3 Å². The van der Waals surface area contributed by atoms with E-state index >= 15 is 0 Å². The Morgan fingerprint density at radius 1 is 1.21 bits per heavy atom. The Morgan fingerprint density at radius 3 is 2.42 bits per heavy atom. The van der Waals surface area contributed by atoms with Gasteiger partial charge in [-0.2, -0.15) is 5.26 Å². The zero-order valence-electron chi connectivity index (χ0n) is 11.5. The van der Waals surface area contributed by atoms with Gasteiger partial charge in [0.1, 0.15) is 0 Å². The Balaban J connectivity index is 2.10. The Morgan fingerprint density at radius 2 is 1.89 bits per heavy atom. The van der Waals surface area contributed by atoms with Gasteiger partial charge in [0.05, 0.1) is 30.1 Å². The number of hydrogen-bond donors (Lipinski definition) is 1. The van der Waals surface area contributed by atoms with Crippen LogP contribution in [0.1, 0.15) is 37.9 Å². The van der Waals surface area contributed by atoms with E-state index in [0.29, 0.717) is 0 Å². The first-order valence-electron chi connectivity index (χ1n) is 6.33. The van der Waals surface area contributed by atoms with Crippen molar-refractivity contribution in [3.05, 3.63) is 54.0 Å². The third-order valence-corrected chi connectivity index (χ3v) is 3.31. The fourth-order valence-electron chi connectivity index (χ4n) is 1.90. The summed E-state index contributed by atoms with van der Waals surface area (Å²) in [6.45, 7) is 5.92. The molecular formula is C16H18N2O. The number of anilines is 1. The summed E-state index contributed by atoms with van der Waals surface area (Å²) in [6.07, 6.45) is 3.41. The van der Waals surface area contributed by atoms with Gasteiger partial charge in [0.15, 0.2) is 0 Å². The van der Waals surface area contributed by atoms with Crippen molar-refractivity contribution >= 4 is 5.69 Å². The molecule has 1 aromatic heterocycles. The van der Waals surface area contributed by atoms with E-state index in [2.05, 4.69) is 18.3 Å². The van der Waals surface area contributed by atoms with Crippen LogP contribution >= 0.6 is 0 Å². The fourth-order valence-corrected chi connectivity index (χ4v) is 1.90. The predicted octanol–water partition coefficient (Wildman–Crippen LogP) is 4.25. The summed E-state index contributed by atoms with van der Waals surface area (Å²) in [6, 6.07) is 12.4. The lowest BCUT2D eigenvalue weighted by molar-refractivity contribution is 0.562. The highest BCUT2D eigenvalue weighted by Crippen LogP contribution is 2.25. The molecule has 3 nitrogen and oxygen atoms in total. The summed E-state index contributed by atoms with van der Waals surface area (Å²) in [7, 11) is 0. The maximum absolute atomic E-state index is 9.11. The second kappa shape index (κ2) is 5.19. The highest BCUT2D eigenvalue weighted by atomic mass is 16.3. The number of nitrogens with one attached hydrogen (secondary N) is 1. The maximum Gasteiger partial charge on any atom is 0.0955 e. The zero-order valence-corrected chi connectivity index (χ0v) is 11.5. The Kier molecular flexibility index (Phi) is 3.62. The second-order valence-electron chi connectivity index (χ2n) is 5.24. The van der Waals surface area contributed by atoms with Crippen LogP contribution in [0.25, 0.3) is 0 Å². The van der Waals surface area contributed by atoms with Crippen molar-refractivity contribution in [1.29, 1.82) is 5.26 Å². The van der Waals surface area contributed by atoms with Crippen LogP contribution in [0.3, 0.4) is 0 Å². The molecule has 0 aliphatic rings. The van der Waals surface area contributed by atoms with E-state index in [4.69, 9.17) is 9.68 Å². The largest absolute Gasteiger partial charge is 0.472 e. The SMILES string of the molecule is CC(Nc1ccc(C(C)(C)C#N)cc1)c1ccoc1. The molecule has 3 heteroatoms. The van der Waals surface area contributed by atoms with Crippen molar-refractivity contribution in [1.82, 2.24) is 0 Å². The third-order valence-electron chi connectivity index (χ3n) is 3.31. The average molecular weight is 254 g/mol. The summed E-state index contributed by atoms with van der Waals surface area (Å²) < 4.78 is 5.08. The first-order chi connectivity index (χ1) is 9.03. The molecule has 98 valence electrons. The fraction of sp³-hybridized carbons (Fsp3) is 0.312.